The second-order valence-corrected chi connectivity index (χ2v) is 6.52. The summed E-state index contributed by atoms with van der Waals surface area (Å²) in [6, 6.07) is 7.53. The van der Waals surface area contributed by atoms with Crippen LogP contribution in [0.15, 0.2) is 29.1 Å². The summed E-state index contributed by atoms with van der Waals surface area (Å²) in [7, 11) is 1.61. The number of hydrogen-bond acceptors (Lipinski definition) is 6. The van der Waals surface area contributed by atoms with Gasteiger partial charge in [0.05, 0.1) is 19.1 Å². The molecule has 134 valence electrons. The predicted molar refractivity (Wildman–Crippen MR) is 103 cm³/mol. The largest absolute Gasteiger partial charge is 0.497 e. The average molecular weight is 370 g/mol. The number of methoxy groups -OCH3 is 1. The zero-order chi connectivity index (χ0) is 18.7. The normalized spacial score (nSPS) is 11.2. The fourth-order valence-corrected chi connectivity index (χ4v) is 3.63. The predicted octanol–water partition coefficient (Wildman–Crippen LogP) is 3.65. The van der Waals surface area contributed by atoms with Crippen LogP contribution >= 0.6 is 11.3 Å². The Morgan fingerprint density at radius 2 is 2.15 bits per heavy atom. The SMILES string of the molecule is CCOC(=O)c1sc2nc(C=Cc3cccc(OC)c3)[nH]c(=O)c2c1C. The van der Waals surface area contributed by atoms with Crippen LogP contribution in [0.25, 0.3) is 22.4 Å². The van der Waals surface area contributed by atoms with E-state index in [1.54, 1.807) is 27.0 Å². The van der Waals surface area contributed by atoms with Gasteiger partial charge in [-0.2, -0.15) is 0 Å². The van der Waals surface area contributed by atoms with Gasteiger partial charge in [0.2, 0.25) is 0 Å². The van der Waals surface area contributed by atoms with Crippen molar-refractivity contribution in [2.45, 2.75) is 13.8 Å². The van der Waals surface area contributed by atoms with E-state index in [-0.39, 0.29) is 12.2 Å². The summed E-state index contributed by atoms with van der Waals surface area (Å²) in [4.78, 5) is 32.6. The first-order valence-corrected chi connectivity index (χ1v) is 8.87. The minimum Gasteiger partial charge on any atom is -0.497 e. The first-order chi connectivity index (χ1) is 12.5. The van der Waals surface area contributed by atoms with Crippen molar-refractivity contribution in [3.8, 4) is 5.75 Å². The van der Waals surface area contributed by atoms with Gasteiger partial charge < -0.3 is 14.5 Å². The van der Waals surface area contributed by atoms with Gasteiger partial charge in [-0.1, -0.05) is 18.2 Å². The van der Waals surface area contributed by atoms with E-state index in [4.69, 9.17) is 9.47 Å². The lowest BCUT2D eigenvalue weighted by atomic mass is 10.2. The summed E-state index contributed by atoms with van der Waals surface area (Å²) in [5, 5.41) is 0.427. The van der Waals surface area contributed by atoms with Gasteiger partial charge in [0.25, 0.3) is 5.56 Å². The molecule has 0 aliphatic carbocycles. The number of nitrogens with one attached hydrogen (secondary N) is 1. The Labute approximate surface area is 154 Å². The molecule has 0 fully saturated rings. The van der Waals surface area contributed by atoms with Crippen molar-refractivity contribution in [2.75, 3.05) is 13.7 Å². The number of aromatic amines is 1. The topological polar surface area (TPSA) is 81.3 Å². The van der Waals surface area contributed by atoms with Crippen LogP contribution in [0.4, 0.5) is 0 Å². The number of aryl methyl sites for hydroxylation is 1. The molecular weight excluding hydrogens is 352 g/mol. The molecule has 0 saturated heterocycles. The first-order valence-electron chi connectivity index (χ1n) is 8.06. The lowest BCUT2D eigenvalue weighted by Gasteiger charge is -2.00. The number of thiophene rings is 1. The van der Waals surface area contributed by atoms with Gasteiger partial charge >= 0.3 is 5.97 Å². The van der Waals surface area contributed by atoms with Crippen LogP contribution in [0.3, 0.4) is 0 Å². The Balaban J connectivity index is 1.99. The number of fused-ring (bicyclic) bond motifs is 1. The van der Waals surface area contributed by atoms with Crippen LogP contribution < -0.4 is 10.3 Å². The van der Waals surface area contributed by atoms with Crippen molar-refractivity contribution in [2.24, 2.45) is 0 Å². The van der Waals surface area contributed by atoms with Crippen LogP contribution in [-0.2, 0) is 4.74 Å². The highest BCUT2D eigenvalue weighted by atomic mass is 32.1. The average Bonchev–Trinajstić information content (AvgIpc) is 2.97. The summed E-state index contributed by atoms with van der Waals surface area (Å²) < 4.78 is 10.2. The van der Waals surface area contributed by atoms with Crippen molar-refractivity contribution >= 4 is 39.7 Å². The molecule has 1 aromatic carbocycles. The van der Waals surface area contributed by atoms with Crippen molar-refractivity contribution in [3.63, 3.8) is 0 Å². The molecule has 1 N–H and O–H groups in total. The zero-order valence-corrected chi connectivity index (χ0v) is 15.5. The highest BCUT2D eigenvalue weighted by molar-refractivity contribution is 7.20. The van der Waals surface area contributed by atoms with Crippen LogP contribution in [0, 0.1) is 6.92 Å². The van der Waals surface area contributed by atoms with Crippen molar-refractivity contribution in [1.29, 1.82) is 0 Å². The van der Waals surface area contributed by atoms with Crippen LogP contribution in [0.2, 0.25) is 0 Å². The molecule has 0 spiro atoms. The van der Waals surface area contributed by atoms with E-state index in [1.165, 1.54) is 11.3 Å². The molecule has 0 amide bonds. The van der Waals surface area contributed by atoms with Gasteiger partial charge in [0, 0.05) is 0 Å². The number of aromatic nitrogens is 2. The fraction of sp³-hybridized carbons (Fsp3) is 0.211. The van der Waals surface area contributed by atoms with E-state index in [0.717, 1.165) is 11.3 Å². The number of esters is 1. The van der Waals surface area contributed by atoms with Gasteiger partial charge in [-0.25, -0.2) is 9.78 Å². The number of carbonyl (C=O) groups excluding carboxylic acids is 1. The van der Waals surface area contributed by atoms with Gasteiger partial charge in [-0.15, -0.1) is 11.3 Å². The Bertz CT molecular complexity index is 1050. The van der Waals surface area contributed by atoms with Crippen molar-refractivity contribution < 1.29 is 14.3 Å². The summed E-state index contributed by atoms with van der Waals surface area (Å²) in [5.74, 6) is 0.736. The molecule has 0 unspecified atom stereocenters. The number of nitrogens with zero attached hydrogens (tertiary/aromatic N) is 1. The third kappa shape index (κ3) is 3.52. The Morgan fingerprint density at radius 3 is 2.88 bits per heavy atom. The third-order valence-electron chi connectivity index (χ3n) is 3.81. The molecule has 2 aromatic heterocycles. The van der Waals surface area contributed by atoms with E-state index < -0.39 is 5.97 Å². The van der Waals surface area contributed by atoms with Crippen LogP contribution in [0.1, 0.15) is 33.5 Å². The van der Waals surface area contributed by atoms with Gasteiger partial charge in [0.15, 0.2) is 0 Å². The molecule has 0 saturated carbocycles. The Kier molecular flexibility index (Phi) is 5.18. The van der Waals surface area contributed by atoms with Crippen LogP contribution in [-0.4, -0.2) is 29.7 Å². The first kappa shape index (κ1) is 17.9. The third-order valence-corrected chi connectivity index (χ3v) is 4.97. The maximum atomic E-state index is 12.4. The van der Waals surface area contributed by atoms with Crippen LogP contribution in [0.5, 0.6) is 5.75 Å². The molecular formula is C19H18N2O4S. The number of rotatable bonds is 5. The molecule has 6 nitrogen and oxygen atoms in total. The summed E-state index contributed by atoms with van der Waals surface area (Å²) in [6.45, 7) is 3.76. The van der Waals surface area contributed by atoms with Gasteiger partial charge in [-0.3, -0.25) is 4.79 Å². The second kappa shape index (κ2) is 7.53. The quantitative estimate of drug-likeness (QED) is 0.693. The summed E-state index contributed by atoms with van der Waals surface area (Å²) in [6.07, 6.45) is 3.55. The fourth-order valence-electron chi connectivity index (χ4n) is 2.55. The second-order valence-electron chi connectivity index (χ2n) is 5.52. The molecule has 0 bridgehead atoms. The van der Waals surface area contributed by atoms with E-state index in [0.29, 0.717) is 26.5 Å². The molecule has 0 aliphatic rings. The number of hydrogen-bond donors (Lipinski definition) is 1. The minimum atomic E-state index is -0.430. The molecule has 0 aliphatic heterocycles. The minimum absolute atomic E-state index is 0.274. The molecule has 3 rings (SSSR count). The van der Waals surface area contributed by atoms with E-state index in [1.807, 2.05) is 30.3 Å². The number of ether oxygens (including phenoxy) is 2. The van der Waals surface area contributed by atoms with E-state index in [9.17, 15) is 9.59 Å². The smallest absolute Gasteiger partial charge is 0.348 e. The van der Waals surface area contributed by atoms with E-state index in [2.05, 4.69) is 9.97 Å². The van der Waals surface area contributed by atoms with Gasteiger partial charge in [0.1, 0.15) is 21.3 Å². The number of H-pyrrole nitrogens is 1. The lowest BCUT2D eigenvalue weighted by molar-refractivity contribution is 0.0531. The molecule has 0 atom stereocenters. The van der Waals surface area contributed by atoms with Crippen molar-refractivity contribution in [3.05, 3.63) is 56.4 Å². The zero-order valence-electron chi connectivity index (χ0n) is 14.7. The van der Waals surface area contributed by atoms with Gasteiger partial charge in [-0.05, 0) is 43.2 Å². The number of benzene rings is 1. The maximum absolute atomic E-state index is 12.4. The highest BCUT2D eigenvalue weighted by Crippen LogP contribution is 2.27. The lowest BCUT2D eigenvalue weighted by Crippen LogP contribution is -2.10. The number of carbonyl (C=O) groups is 1. The monoisotopic (exact) mass is 370 g/mol. The maximum Gasteiger partial charge on any atom is 0.348 e. The molecule has 3 aromatic rings. The Morgan fingerprint density at radius 1 is 1.35 bits per heavy atom. The molecule has 7 heteroatoms. The van der Waals surface area contributed by atoms with Crippen molar-refractivity contribution in [1.82, 2.24) is 9.97 Å². The standard InChI is InChI=1S/C19H18N2O4S/c1-4-25-19(23)16-11(2)15-17(22)20-14(21-18(15)26-16)9-8-12-6-5-7-13(10-12)24-3/h5-10H,4H2,1-3H3,(H,20,21,22). The molecule has 26 heavy (non-hydrogen) atoms. The highest BCUT2D eigenvalue weighted by Gasteiger charge is 2.19. The summed E-state index contributed by atoms with van der Waals surface area (Å²) >= 11 is 1.17. The molecule has 2 heterocycles. The Hall–Kier alpha value is -2.93. The molecule has 0 radical (unpaired) electrons. The van der Waals surface area contributed by atoms with E-state index >= 15 is 0 Å². The summed E-state index contributed by atoms with van der Waals surface area (Å²) in [5.41, 5.74) is 1.24.